The second kappa shape index (κ2) is 4.49. The predicted octanol–water partition coefficient (Wildman–Crippen LogP) is 2.98. The van der Waals surface area contributed by atoms with Crippen LogP contribution in [0.4, 0.5) is 5.13 Å². The number of thiazole rings is 1. The van der Waals surface area contributed by atoms with Gasteiger partial charge in [0.25, 0.3) is 0 Å². The highest BCUT2D eigenvalue weighted by molar-refractivity contribution is 7.15. The maximum Gasteiger partial charge on any atom is 0.185 e. The van der Waals surface area contributed by atoms with E-state index >= 15 is 0 Å². The lowest BCUT2D eigenvalue weighted by molar-refractivity contribution is 0.418. The monoisotopic (exact) mass is 265 g/mol. The summed E-state index contributed by atoms with van der Waals surface area (Å²) in [6, 6.07) is 0. The Balaban J connectivity index is 1.82. The van der Waals surface area contributed by atoms with E-state index in [1.54, 1.807) is 0 Å². The minimum atomic E-state index is 0.453. The molecule has 1 aromatic heterocycles. The number of hydrogen-bond acceptors (Lipinski definition) is 4. The molecule has 1 aliphatic heterocycles. The molecule has 3 rings (SSSR count). The van der Waals surface area contributed by atoms with Gasteiger partial charge in [0.2, 0.25) is 0 Å². The molecule has 0 amide bonds. The standard InChI is InChI=1S/C14H23N3S/c1-14(2)6-7-17(9-14)13-16-12(10-4-5-10)11(18-13)8-15-3/h10,15H,4-9H2,1-3H3. The lowest BCUT2D eigenvalue weighted by Crippen LogP contribution is -2.22. The predicted molar refractivity (Wildman–Crippen MR) is 77.5 cm³/mol. The van der Waals surface area contributed by atoms with Crippen molar-refractivity contribution in [3.05, 3.63) is 10.6 Å². The second-order valence-corrected chi connectivity index (χ2v) is 7.51. The maximum atomic E-state index is 4.94. The minimum Gasteiger partial charge on any atom is -0.348 e. The summed E-state index contributed by atoms with van der Waals surface area (Å²) < 4.78 is 0. The summed E-state index contributed by atoms with van der Waals surface area (Å²) in [7, 11) is 2.02. The van der Waals surface area contributed by atoms with Crippen LogP contribution in [-0.4, -0.2) is 25.1 Å². The van der Waals surface area contributed by atoms with E-state index in [0.29, 0.717) is 5.41 Å². The summed E-state index contributed by atoms with van der Waals surface area (Å²) in [5.74, 6) is 0.758. The van der Waals surface area contributed by atoms with Crippen molar-refractivity contribution in [2.24, 2.45) is 5.41 Å². The van der Waals surface area contributed by atoms with Crippen LogP contribution in [0.15, 0.2) is 0 Å². The third-order valence-electron chi connectivity index (χ3n) is 3.97. The van der Waals surface area contributed by atoms with Gasteiger partial charge in [0.1, 0.15) is 0 Å². The van der Waals surface area contributed by atoms with Crippen LogP contribution in [0, 0.1) is 5.41 Å². The van der Waals surface area contributed by atoms with Crippen LogP contribution in [0.5, 0.6) is 0 Å². The molecule has 1 aromatic rings. The zero-order valence-electron chi connectivity index (χ0n) is 11.6. The van der Waals surface area contributed by atoms with Gasteiger partial charge in [0.05, 0.1) is 5.69 Å². The molecule has 0 spiro atoms. The fraction of sp³-hybridized carbons (Fsp3) is 0.786. The Labute approximate surface area is 114 Å². The molecule has 2 heterocycles. The third kappa shape index (κ3) is 2.41. The van der Waals surface area contributed by atoms with Crippen molar-refractivity contribution < 1.29 is 0 Å². The largest absolute Gasteiger partial charge is 0.348 e. The number of nitrogens with zero attached hydrogens (tertiary/aromatic N) is 2. The maximum absolute atomic E-state index is 4.94. The van der Waals surface area contributed by atoms with Gasteiger partial charge in [0, 0.05) is 30.4 Å². The quantitative estimate of drug-likeness (QED) is 0.907. The smallest absolute Gasteiger partial charge is 0.185 e. The third-order valence-corrected chi connectivity index (χ3v) is 5.10. The number of hydrogen-bond donors (Lipinski definition) is 1. The van der Waals surface area contributed by atoms with Crippen molar-refractivity contribution in [3.8, 4) is 0 Å². The van der Waals surface area contributed by atoms with Gasteiger partial charge in [-0.2, -0.15) is 0 Å². The highest BCUT2D eigenvalue weighted by atomic mass is 32.1. The minimum absolute atomic E-state index is 0.453. The normalized spacial score (nSPS) is 22.7. The van der Waals surface area contributed by atoms with Crippen molar-refractivity contribution in [3.63, 3.8) is 0 Å². The second-order valence-electron chi connectivity index (χ2n) is 6.45. The molecule has 1 N–H and O–H groups in total. The van der Waals surface area contributed by atoms with Crippen LogP contribution in [0.1, 0.15) is 49.6 Å². The average molecular weight is 265 g/mol. The van der Waals surface area contributed by atoms with Gasteiger partial charge in [-0.15, -0.1) is 11.3 Å². The molecule has 1 aliphatic carbocycles. The molecule has 4 heteroatoms. The Morgan fingerprint density at radius 2 is 2.22 bits per heavy atom. The van der Waals surface area contributed by atoms with Crippen molar-refractivity contribution in [1.29, 1.82) is 0 Å². The van der Waals surface area contributed by atoms with Crippen molar-refractivity contribution in [1.82, 2.24) is 10.3 Å². The number of nitrogens with one attached hydrogen (secondary N) is 1. The topological polar surface area (TPSA) is 28.2 Å². The summed E-state index contributed by atoms with van der Waals surface area (Å²) in [6.07, 6.45) is 3.96. The van der Waals surface area contributed by atoms with Crippen molar-refractivity contribution in [2.75, 3.05) is 25.0 Å². The Morgan fingerprint density at radius 1 is 1.44 bits per heavy atom. The molecule has 3 nitrogen and oxygen atoms in total. The van der Waals surface area contributed by atoms with E-state index in [1.807, 2.05) is 18.4 Å². The Bertz CT molecular complexity index is 434. The summed E-state index contributed by atoms with van der Waals surface area (Å²) in [4.78, 5) is 8.88. The van der Waals surface area contributed by atoms with E-state index in [0.717, 1.165) is 19.0 Å². The van der Waals surface area contributed by atoms with E-state index in [-0.39, 0.29) is 0 Å². The van der Waals surface area contributed by atoms with Gasteiger partial charge < -0.3 is 10.2 Å². The molecule has 0 atom stereocenters. The first-order valence-corrected chi connectivity index (χ1v) is 7.80. The molecule has 1 saturated carbocycles. The van der Waals surface area contributed by atoms with Crippen LogP contribution in [-0.2, 0) is 6.54 Å². The van der Waals surface area contributed by atoms with Crippen LogP contribution in [0.25, 0.3) is 0 Å². The molecule has 18 heavy (non-hydrogen) atoms. The summed E-state index contributed by atoms with van der Waals surface area (Å²) in [5, 5.41) is 4.54. The highest BCUT2D eigenvalue weighted by Crippen LogP contribution is 2.45. The van der Waals surface area contributed by atoms with E-state index in [1.165, 1.54) is 41.5 Å². The van der Waals surface area contributed by atoms with E-state index in [9.17, 15) is 0 Å². The molecule has 100 valence electrons. The van der Waals surface area contributed by atoms with Crippen LogP contribution in [0.3, 0.4) is 0 Å². The lowest BCUT2D eigenvalue weighted by Gasteiger charge is -2.18. The fourth-order valence-corrected chi connectivity index (χ4v) is 3.91. The summed E-state index contributed by atoms with van der Waals surface area (Å²) >= 11 is 1.90. The van der Waals surface area contributed by atoms with Gasteiger partial charge in [-0.05, 0) is 31.7 Å². The first-order chi connectivity index (χ1) is 8.59. The Morgan fingerprint density at radius 3 is 2.78 bits per heavy atom. The van der Waals surface area contributed by atoms with Crippen molar-refractivity contribution in [2.45, 2.75) is 45.6 Å². The SMILES string of the molecule is CNCc1sc(N2CCC(C)(C)C2)nc1C1CC1. The number of rotatable bonds is 4. The Kier molecular flexibility index (Phi) is 3.10. The molecule has 2 aliphatic rings. The molecule has 0 unspecified atom stereocenters. The van der Waals surface area contributed by atoms with Gasteiger partial charge in [-0.1, -0.05) is 13.8 Å². The summed E-state index contributed by atoms with van der Waals surface area (Å²) in [5.41, 5.74) is 1.84. The molecule has 0 bridgehead atoms. The van der Waals surface area contributed by atoms with E-state index in [4.69, 9.17) is 4.98 Å². The van der Waals surface area contributed by atoms with Gasteiger partial charge in [-0.25, -0.2) is 4.98 Å². The molecule has 0 aromatic carbocycles. The molecular weight excluding hydrogens is 242 g/mol. The molecule has 1 saturated heterocycles. The molecular formula is C14H23N3S. The van der Waals surface area contributed by atoms with Gasteiger partial charge >= 0.3 is 0 Å². The average Bonchev–Trinajstić information content (AvgIpc) is 2.97. The zero-order valence-corrected chi connectivity index (χ0v) is 12.4. The first-order valence-electron chi connectivity index (χ1n) is 6.98. The van der Waals surface area contributed by atoms with E-state index in [2.05, 4.69) is 24.1 Å². The Hall–Kier alpha value is -0.610. The van der Waals surface area contributed by atoms with Crippen LogP contribution in [0.2, 0.25) is 0 Å². The molecule has 2 fully saturated rings. The van der Waals surface area contributed by atoms with Crippen molar-refractivity contribution >= 4 is 16.5 Å². The highest BCUT2D eigenvalue weighted by Gasteiger charge is 2.34. The zero-order chi connectivity index (χ0) is 12.8. The molecule has 0 radical (unpaired) electrons. The van der Waals surface area contributed by atoms with E-state index < -0.39 is 0 Å². The van der Waals surface area contributed by atoms with Crippen LogP contribution >= 0.6 is 11.3 Å². The van der Waals surface area contributed by atoms with Crippen LogP contribution < -0.4 is 10.2 Å². The number of anilines is 1. The van der Waals surface area contributed by atoms with Gasteiger partial charge in [0.15, 0.2) is 5.13 Å². The first kappa shape index (κ1) is 12.4. The number of aromatic nitrogens is 1. The fourth-order valence-electron chi connectivity index (χ4n) is 2.72. The lowest BCUT2D eigenvalue weighted by atomic mass is 9.93. The van der Waals surface area contributed by atoms with Gasteiger partial charge in [-0.3, -0.25) is 0 Å². The summed E-state index contributed by atoms with van der Waals surface area (Å²) in [6.45, 7) is 8.02.